The molecule has 0 aliphatic carbocycles. The van der Waals surface area contributed by atoms with Gasteiger partial charge in [-0.15, -0.1) is 0 Å². The third kappa shape index (κ3) is 4.30. The summed E-state index contributed by atoms with van der Waals surface area (Å²) in [5, 5.41) is 11.8. The molecule has 7 heteroatoms. The lowest BCUT2D eigenvalue weighted by Crippen LogP contribution is -2.17. The standard InChI is InChI=1S/C11H14BrNO4S/c1-2-18(16,17)6-5-13-8-3-4-9(11(14)15)10(12)7-8/h3-4,7,13H,2,5-6H2,1H3,(H,14,15). The maximum Gasteiger partial charge on any atom is 0.336 e. The molecule has 100 valence electrons. The van der Waals surface area contributed by atoms with Crippen LogP contribution in [0.15, 0.2) is 22.7 Å². The van der Waals surface area contributed by atoms with E-state index in [0.29, 0.717) is 16.7 Å². The molecule has 18 heavy (non-hydrogen) atoms. The van der Waals surface area contributed by atoms with Crippen molar-refractivity contribution < 1.29 is 18.3 Å². The second-order valence-corrected chi connectivity index (χ2v) is 6.99. The number of aromatic carboxylic acids is 1. The Morgan fingerprint density at radius 1 is 1.44 bits per heavy atom. The fourth-order valence-corrected chi connectivity index (χ4v) is 2.54. The second kappa shape index (κ2) is 6.19. The van der Waals surface area contributed by atoms with Crippen molar-refractivity contribution >= 4 is 37.4 Å². The largest absolute Gasteiger partial charge is 0.478 e. The third-order valence-corrected chi connectivity index (χ3v) is 4.74. The van der Waals surface area contributed by atoms with Gasteiger partial charge < -0.3 is 10.4 Å². The van der Waals surface area contributed by atoms with Crippen LogP contribution in [0.2, 0.25) is 0 Å². The van der Waals surface area contributed by atoms with Crippen molar-refractivity contribution in [2.24, 2.45) is 0 Å². The van der Waals surface area contributed by atoms with E-state index in [1.807, 2.05) is 0 Å². The molecular weight excluding hydrogens is 322 g/mol. The zero-order valence-corrected chi connectivity index (χ0v) is 12.2. The van der Waals surface area contributed by atoms with Gasteiger partial charge in [-0.1, -0.05) is 6.92 Å². The summed E-state index contributed by atoms with van der Waals surface area (Å²) in [4.78, 5) is 10.8. The first-order valence-corrected chi connectivity index (χ1v) is 7.94. The number of carboxylic acids is 1. The number of nitrogens with one attached hydrogen (secondary N) is 1. The molecule has 0 atom stereocenters. The van der Waals surface area contributed by atoms with E-state index >= 15 is 0 Å². The number of hydrogen-bond donors (Lipinski definition) is 2. The molecule has 0 radical (unpaired) electrons. The molecule has 0 heterocycles. The number of anilines is 1. The highest BCUT2D eigenvalue weighted by atomic mass is 79.9. The minimum absolute atomic E-state index is 0.0573. The van der Waals surface area contributed by atoms with Crippen LogP contribution in [-0.2, 0) is 9.84 Å². The quantitative estimate of drug-likeness (QED) is 0.830. The SMILES string of the molecule is CCS(=O)(=O)CCNc1ccc(C(=O)O)c(Br)c1. The van der Waals surface area contributed by atoms with Crippen molar-refractivity contribution in [3.05, 3.63) is 28.2 Å². The molecule has 2 N–H and O–H groups in total. The smallest absolute Gasteiger partial charge is 0.336 e. The predicted octanol–water partition coefficient (Wildman–Crippen LogP) is 1.99. The van der Waals surface area contributed by atoms with Crippen LogP contribution in [0.1, 0.15) is 17.3 Å². The zero-order chi connectivity index (χ0) is 13.8. The summed E-state index contributed by atoms with van der Waals surface area (Å²) < 4.78 is 23.0. The van der Waals surface area contributed by atoms with Crippen LogP contribution < -0.4 is 5.32 Å². The second-order valence-electron chi connectivity index (χ2n) is 3.66. The average Bonchev–Trinajstić information content (AvgIpc) is 2.28. The first kappa shape index (κ1) is 15.0. The summed E-state index contributed by atoms with van der Waals surface area (Å²) in [6.45, 7) is 1.91. The maximum absolute atomic E-state index is 11.3. The van der Waals surface area contributed by atoms with Gasteiger partial charge >= 0.3 is 5.97 Å². The number of rotatable bonds is 6. The molecule has 1 rings (SSSR count). The lowest BCUT2D eigenvalue weighted by atomic mass is 10.2. The summed E-state index contributed by atoms with van der Waals surface area (Å²) in [5.41, 5.74) is 0.847. The van der Waals surface area contributed by atoms with E-state index in [1.165, 1.54) is 6.07 Å². The van der Waals surface area contributed by atoms with Crippen LogP contribution in [0, 0.1) is 0 Å². The van der Waals surface area contributed by atoms with E-state index in [1.54, 1.807) is 19.1 Å². The Hall–Kier alpha value is -1.08. The lowest BCUT2D eigenvalue weighted by Gasteiger charge is -2.08. The third-order valence-electron chi connectivity index (χ3n) is 2.38. The Balaban J connectivity index is 2.65. The van der Waals surface area contributed by atoms with E-state index in [-0.39, 0.29) is 17.1 Å². The van der Waals surface area contributed by atoms with Crippen LogP contribution in [0.4, 0.5) is 5.69 Å². The fourth-order valence-electron chi connectivity index (χ4n) is 1.29. The molecule has 0 aliphatic rings. The molecule has 0 amide bonds. The van der Waals surface area contributed by atoms with Crippen LogP contribution in [0.5, 0.6) is 0 Å². The number of carboxylic acid groups (broad SMARTS) is 1. The van der Waals surface area contributed by atoms with Gasteiger partial charge in [-0.25, -0.2) is 13.2 Å². The van der Waals surface area contributed by atoms with Gasteiger partial charge in [0.1, 0.15) is 0 Å². The van der Waals surface area contributed by atoms with E-state index in [0.717, 1.165) is 0 Å². The Kier molecular flexibility index (Phi) is 5.15. The molecule has 0 bridgehead atoms. The van der Waals surface area contributed by atoms with E-state index < -0.39 is 15.8 Å². The number of halogens is 1. The van der Waals surface area contributed by atoms with Crippen LogP contribution in [-0.4, -0.2) is 37.5 Å². The van der Waals surface area contributed by atoms with Gasteiger partial charge in [0.25, 0.3) is 0 Å². The topological polar surface area (TPSA) is 83.5 Å². The molecular formula is C11H14BrNO4S. The van der Waals surface area contributed by atoms with Gasteiger partial charge in [0.15, 0.2) is 9.84 Å². The van der Waals surface area contributed by atoms with E-state index in [9.17, 15) is 13.2 Å². The zero-order valence-electron chi connectivity index (χ0n) is 9.81. The van der Waals surface area contributed by atoms with Gasteiger partial charge in [-0.2, -0.15) is 0 Å². The molecule has 0 aliphatic heterocycles. The van der Waals surface area contributed by atoms with E-state index in [2.05, 4.69) is 21.2 Å². The van der Waals surface area contributed by atoms with Gasteiger partial charge in [-0.05, 0) is 34.1 Å². The van der Waals surface area contributed by atoms with Crippen LogP contribution in [0.25, 0.3) is 0 Å². The Morgan fingerprint density at radius 3 is 2.61 bits per heavy atom. The van der Waals surface area contributed by atoms with E-state index in [4.69, 9.17) is 5.11 Å². The first-order valence-electron chi connectivity index (χ1n) is 5.33. The number of sulfone groups is 1. The van der Waals surface area contributed by atoms with Crippen LogP contribution in [0.3, 0.4) is 0 Å². The molecule has 0 spiro atoms. The van der Waals surface area contributed by atoms with Crippen molar-refractivity contribution in [3.8, 4) is 0 Å². The van der Waals surface area contributed by atoms with Crippen LogP contribution >= 0.6 is 15.9 Å². The monoisotopic (exact) mass is 335 g/mol. The van der Waals surface area contributed by atoms with Crippen molar-refractivity contribution in [1.29, 1.82) is 0 Å². The molecule has 1 aromatic rings. The molecule has 5 nitrogen and oxygen atoms in total. The summed E-state index contributed by atoms with van der Waals surface area (Å²) in [5.74, 6) is -0.833. The average molecular weight is 336 g/mol. The highest BCUT2D eigenvalue weighted by molar-refractivity contribution is 9.10. The summed E-state index contributed by atoms with van der Waals surface area (Å²) in [6.07, 6.45) is 0. The maximum atomic E-state index is 11.3. The molecule has 0 unspecified atom stereocenters. The minimum Gasteiger partial charge on any atom is -0.478 e. The summed E-state index contributed by atoms with van der Waals surface area (Å²) >= 11 is 3.15. The van der Waals surface area contributed by atoms with Crippen molar-refractivity contribution in [2.75, 3.05) is 23.4 Å². The normalized spacial score (nSPS) is 11.2. The fraction of sp³-hybridized carbons (Fsp3) is 0.364. The van der Waals surface area contributed by atoms with Gasteiger partial charge in [0, 0.05) is 22.5 Å². The number of hydrogen-bond acceptors (Lipinski definition) is 4. The highest BCUT2D eigenvalue weighted by Crippen LogP contribution is 2.21. The van der Waals surface area contributed by atoms with Gasteiger partial charge in [-0.3, -0.25) is 0 Å². The Morgan fingerprint density at radius 2 is 2.11 bits per heavy atom. The van der Waals surface area contributed by atoms with Crippen molar-refractivity contribution in [1.82, 2.24) is 0 Å². The van der Waals surface area contributed by atoms with Crippen molar-refractivity contribution in [2.45, 2.75) is 6.92 Å². The predicted molar refractivity (Wildman–Crippen MR) is 73.9 cm³/mol. The van der Waals surface area contributed by atoms with Gasteiger partial charge in [0.2, 0.25) is 0 Å². The lowest BCUT2D eigenvalue weighted by molar-refractivity contribution is 0.0696. The Bertz CT molecular complexity index is 542. The number of carbonyl (C=O) groups is 1. The van der Waals surface area contributed by atoms with Crippen molar-refractivity contribution in [3.63, 3.8) is 0 Å². The highest BCUT2D eigenvalue weighted by Gasteiger charge is 2.09. The molecule has 1 aromatic carbocycles. The molecule has 0 saturated heterocycles. The first-order chi connectivity index (χ1) is 8.35. The molecule has 0 saturated carbocycles. The number of benzene rings is 1. The minimum atomic E-state index is -2.99. The Labute approximate surface area is 114 Å². The molecule has 0 aromatic heterocycles. The summed E-state index contributed by atoms with van der Waals surface area (Å²) in [6, 6.07) is 4.68. The molecule has 0 fully saturated rings. The summed E-state index contributed by atoms with van der Waals surface area (Å²) in [7, 11) is -2.99. The van der Waals surface area contributed by atoms with Gasteiger partial charge in [0.05, 0.1) is 11.3 Å².